The molecule has 0 fully saturated rings. The molecule has 3 aromatic rings. The van der Waals surface area contributed by atoms with Gasteiger partial charge in [-0.1, -0.05) is 29.8 Å². The zero-order chi connectivity index (χ0) is 20.7. The van der Waals surface area contributed by atoms with Crippen LogP contribution in [-0.4, -0.2) is 44.4 Å². The summed E-state index contributed by atoms with van der Waals surface area (Å²) in [7, 11) is 0. The number of fused-ring (bicyclic) bond motifs is 1. The smallest absolute Gasteiger partial charge is 0.273 e. The van der Waals surface area contributed by atoms with Crippen molar-refractivity contribution in [1.82, 2.24) is 15.1 Å². The summed E-state index contributed by atoms with van der Waals surface area (Å²) in [6.45, 7) is 4.24. The van der Waals surface area contributed by atoms with E-state index >= 15 is 0 Å². The first kappa shape index (κ1) is 19.5. The largest absolute Gasteiger partial charge is 0.507 e. The van der Waals surface area contributed by atoms with Crippen molar-refractivity contribution in [2.45, 2.75) is 26.3 Å². The van der Waals surface area contributed by atoms with E-state index in [1.165, 1.54) is 0 Å². The molecule has 7 heteroatoms. The van der Waals surface area contributed by atoms with Crippen LogP contribution in [0.1, 0.15) is 45.2 Å². The van der Waals surface area contributed by atoms with Crippen LogP contribution >= 0.6 is 11.6 Å². The average Bonchev–Trinajstić information content (AvgIpc) is 3.20. The number of aromatic nitrogens is 2. The van der Waals surface area contributed by atoms with Crippen LogP contribution in [0.4, 0.5) is 0 Å². The van der Waals surface area contributed by atoms with E-state index in [9.17, 15) is 15.0 Å². The summed E-state index contributed by atoms with van der Waals surface area (Å²) in [5.41, 5.74) is 5.05. The summed E-state index contributed by atoms with van der Waals surface area (Å²) >= 11 is 6.06. The van der Waals surface area contributed by atoms with E-state index in [1.54, 1.807) is 23.1 Å². The molecule has 2 heterocycles. The number of aliphatic hydroxyl groups excluding tert-OH is 1. The van der Waals surface area contributed by atoms with Crippen molar-refractivity contribution in [1.29, 1.82) is 0 Å². The maximum atomic E-state index is 13.1. The standard InChI is InChI=1S/C22H22ClN3O3/c1-12-10-13(2)17(16(28)11-12)19-18-20(25-24-19)22(29)26(8-3-9-27)21(18)14-4-6-15(23)7-5-14/h4-7,10-11,21,27-28H,3,8-9H2,1-2H3,(H,24,25). The maximum absolute atomic E-state index is 13.1. The fraction of sp³-hybridized carbons (Fsp3) is 0.273. The Kier molecular flexibility index (Phi) is 5.06. The van der Waals surface area contributed by atoms with E-state index < -0.39 is 0 Å². The first-order valence-corrected chi connectivity index (χ1v) is 9.86. The lowest BCUT2D eigenvalue weighted by molar-refractivity contribution is 0.0732. The molecule has 6 nitrogen and oxygen atoms in total. The minimum absolute atomic E-state index is 0.00593. The predicted octanol–water partition coefficient (Wildman–Crippen LogP) is 3.98. The van der Waals surface area contributed by atoms with Gasteiger partial charge in [-0.2, -0.15) is 5.10 Å². The fourth-order valence-corrected chi connectivity index (χ4v) is 4.23. The molecule has 4 rings (SSSR count). The van der Waals surface area contributed by atoms with Crippen molar-refractivity contribution in [2.24, 2.45) is 0 Å². The maximum Gasteiger partial charge on any atom is 0.273 e. The zero-order valence-corrected chi connectivity index (χ0v) is 17.0. The van der Waals surface area contributed by atoms with E-state index in [-0.39, 0.29) is 24.3 Å². The molecule has 0 aliphatic carbocycles. The Bertz CT molecular complexity index is 1050. The van der Waals surface area contributed by atoms with Gasteiger partial charge in [-0.05, 0) is 55.2 Å². The number of nitrogens with zero attached hydrogens (tertiary/aromatic N) is 2. The molecule has 2 aromatic carbocycles. The van der Waals surface area contributed by atoms with Gasteiger partial charge in [-0.3, -0.25) is 9.89 Å². The number of H-pyrrole nitrogens is 1. The molecule has 150 valence electrons. The monoisotopic (exact) mass is 411 g/mol. The predicted molar refractivity (Wildman–Crippen MR) is 111 cm³/mol. The molecule has 29 heavy (non-hydrogen) atoms. The number of carbonyl (C=O) groups is 1. The highest BCUT2D eigenvalue weighted by Gasteiger charge is 2.42. The van der Waals surface area contributed by atoms with Crippen LogP contribution in [0, 0.1) is 13.8 Å². The second-order valence-electron chi connectivity index (χ2n) is 7.37. The highest BCUT2D eigenvalue weighted by Crippen LogP contribution is 2.45. The van der Waals surface area contributed by atoms with Gasteiger partial charge in [-0.25, -0.2) is 0 Å². The van der Waals surface area contributed by atoms with Gasteiger partial charge in [0.05, 0.1) is 6.04 Å². The van der Waals surface area contributed by atoms with E-state index in [0.29, 0.717) is 34.9 Å². The Balaban J connectivity index is 1.91. The lowest BCUT2D eigenvalue weighted by Crippen LogP contribution is -2.31. The number of hydrogen-bond donors (Lipinski definition) is 3. The topological polar surface area (TPSA) is 89.5 Å². The minimum Gasteiger partial charge on any atom is -0.507 e. The van der Waals surface area contributed by atoms with Gasteiger partial charge in [0.25, 0.3) is 5.91 Å². The van der Waals surface area contributed by atoms with Crippen LogP contribution in [0.2, 0.25) is 5.02 Å². The van der Waals surface area contributed by atoms with Crippen molar-refractivity contribution in [3.8, 4) is 17.0 Å². The molecule has 1 unspecified atom stereocenters. The highest BCUT2D eigenvalue weighted by molar-refractivity contribution is 6.30. The average molecular weight is 412 g/mol. The normalized spacial score (nSPS) is 15.8. The first-order valence-electron chi connectivity index (χ1n) is 9.48. The summed E-state index contributed by atoms with van der Waals surface area (Å²) in [4.78, 5) is 14.8. The summed E-state index contributed by atoms with van der Waals surface area (Å²) < 4.78 is 0. The van der Waals surface area contributed by atoms with E-state index in [4.69, 9.17) is 11.6 Å². The number of aromatic amines is 1. The molecule has 1 aliphatic heterocycles. The van der Waals surface area contributed by atoms with Gasteiger partial charge in [0.1, 0.15) is 17.1 Å². The molecule has 3 N–H and O–H groups in total. The molecule has 1 aromatic heterocycles. The SMILES string of the molecule is Cc1cc(C)c(-c2n[nH]c3c2C(c2ccc(Cl)cc2)N(CCCO)C3=O)c(O)c1. The van der Waals surface area contributed by atoms with Gasteiger partial charge in [0, 0.05) is 29.3 Å². The molecular formula is C22H22ClN3O3. The first-order chi connectivity index (χ1) is 13.9. The van der Waals surface area contributed by atoms with Crippen molar-refractivity contribution in [3.05, 3.63) is 69.4 Å². The van der Waals surface area contributed by atoms with Gasteiger partial charge in [-0.15, -0.1) is 0 Å². The highest BCUT2D eigenvalue weighted by atomic mass is 35.5. The summed E-state index contributed by atoms with van der Waals surface area (Å²) in [5, 5.41) is 27.8. The summed E-state index contributed by atoms with van der Waals surface area (Å²) in [5.74, 6) is -0.0377. The second kappa shape index (κ2) is 7.54. The quantitative estimate of drug-likeness (QED) is 0.592. The summed E-state index contributed by atoms with van der Waals surface area (Å²) in [6, 6.07) is 10.7. The van der Waals surface area contributed by atoms with Crippen molar-refractivity contribution >= 4 is 17.5 Å². The Hall–Kier alpha value is -2.83. The van der Waals surface area contributed by atoms with Gasteiger partial charge in [0.15, 0.2) is 0 Å². The third-order valence-corrected chi connectivity index (χ3v) is 5.55. The number of phenols is 1. The molecular weight excluding hydrogens is 390 g/mol. The zero-order valence-electron chi connectivity index (χ0n) is 16.2. The molecule has 1 aliphatic rings. The van der Waals surface area contributed by atoms with E-state index in [1.807, 2.05) is 32.0 Å². The number of phenolic OH excluding ortho intramolecular Hbond substituents is 1. The number of aromatic hydroxyl groups is 1. The third kappa shape index (κ3) is 3.28. The van der Waals surface area contributed by atoms with Crippen LogP contribution in [0.3, 0.4) is 0 Å². The van der Waals surface area contributed by atoms with Gasteiger partial charge >= 0.3 is 0 Å². The number of amides is 1. The number of benzene rings is 2. The number of hydrogen-bond acceptors (Lipinski definition) is 4. The minimum atomic E-state index is -0.379. The van der Waals surface area contributed by atoms with Crippen LogP contribution in [0.25, 0.3) is 11.3 Å². The number of carbonyl (C=O) groups excluding carboxylic acids is 1. The van der Waals surface area contributed by atoms with Crippen LogP contribution in [-0.2, 0) is 0 Å². The number of aryl methyl sites for hydroxylation is 2. The van der Waals surface area contributed by atoms with E-state index in [0.717, 1.165) is 22.3 Å². The molecule has 0 saturated heterocycles. The molecule has 1 amide bonds. The second-order valence-corrected chi connectivity index (χ2v) is 7.80. The van der Waals surface area contributed by atoms with E-state index in [2.05, 4.69) is 10.2 Å². The lowest BCUT2D eigenvalue weighted by Gasteiger charge is -2.26. The fourth-order valence-electron chi connectivity index (χ4n) is 4.10. The number of aliphatic hydroxyl groups is 1. The van der Waals surface area contributed by atoms with Crippen molar-refractivity contribution in [3.63, 3.8) is 0 Å². The Morgan fingerprint density at radius 2 is 1.93 bits per heavy atom. The molecule has 0 saturated carbocycles. The number of halogens is 1. The van der Waals surface area contributed by atoms with Crippen LogP contribution in [0.5, 0.6) is 5.75 Å². The Morgan fingerprint density at radius 3 is 2.59 bits per heavy atom. The number of rotatable bonds is 5. The molecule has 0 bridgehead atoms. The van der Waals surface area contributed by atoms with Crippen molar-refractivity contribution < 1.29 is 15.0 Å². The summed E-state index contributed by atoms with van der Waals surface area (Å²) in [6.07, 6.45) is 0.470. The van der Waals surface area contributed by atoms with Gasteiger partial charge < -0.3 is 15.1 Å². The van der Waals surface area contributed by atoms with Crippen molar-refractivity contribution in [2.75, 3.05) is 13.2 Å². The Labute approximate surface area is 173 Å². The molecule has 0 radical (unpaired) electrons. The van der Waals surface area contributed by atoms with Crippen LogP contribution in [0.15, 0.2) is 36.4 Å². The Morgan fingerprint density at radius 1 is 1.21 bits per heavy atom. The lowest BCUT2D eigenvalue weighted by atomic mass is 9.93. The van der Waals surface area contributed by atoms with Gasteiger partial charge in [0.2, 0.25) is 0 Å². The molecule has 0 spiro atoms. The van der Waals surface area contributed by atoms with Crippen LogP contribution < -0.4 is 0 Å². The molecule has 1 atom stereocenters. The third-order valence-electron chi connectivity index (χ3n) is 5.30. The number of nitrogens with one attached hydrogen (secondary N) is 1.